The van der Waals surface area contributed by atoms with Crippen LogP contribution in [-0.2, 0) is 4.79 Å². The zero-order chi connectivity index (χ0) is 21.3. The van der Waals surface area contributed by atoms with Gasteiger partial charge in [-0.25, -0.2) is 22.4 Å². The van der Waals surface area contributed by atoms with Gasteiger partial charge >= 0.3 is 6.03 Å². The second kappa shape index (κ2) is 8.38. The van der Waals surface area contributed by atoms with E-state index < -0.39 is 46.6 Å². The van der Waals surface area contributed by atoms with E-state index >= 15 is 0 Å². The van der Waals surface area contributed by atoms with Crippen LogP contribution in [0.4, 0.5) is 22.4 Å². The highest BCUT2D eigenvalue weighted by atomic mass is 35.5. The number of piperazine rings is 1. The number of alkyl halides is 2. The van der Waals surface area contributed by atoms with Gasteiger partial charge in [-0.2, -0.15) is 0 Å². The van der Waals surface area contributed by atoms with Crippen LogP contribution < -0.4 is 10.6 Å². The fraction of sp³-hybridized carbons (Fsp3) is 0.579. The predicted octanol–water partition coefficient (Wildman–Crippen LogP) is 4.01. The van der Waals surface area contributed by atoms with E-state index in [4.69, 9.17) is 11.6 Å². The number of benzene rings is 1. The highest BCUT2D eigenvalue weighted by Crippen LogP contribution is 2.42. The molecule has 1 saturated carbocycles. The minimum atomic E-state index is -2.80. The number of nitrogens with one attached hydrogen (secondary N) is 2. The Morgan fingerprint density at radius 2 is 1.97 bits per heavy atom. The van der Waals surface area contributed by atoms with Crippen LogP contribution in [0.5, 0.6) is 0 Å². The number of rotatable bonds is 3. The summed E-state index contributed by atoms with van der Waals surface area (Å²) >= 11 is 5.69. The Bertz CT molecular complexity index is 798. The van der Waals surface area contributed by atoms with Crippen molar-refractivity contribution in [3.63, 3.8) is 0 Å². The largest absolute Gasteiger partial charge is 0.353 e. The van der Waals surface area contributed by atoms with Crippen molar-refractivity contribution in [1.82, 2.24) is 15.5 Å². The van der Waals surface area contributed by atoms with Crippen molar-refractivity contribution in [2.75, 3.05) is 13.1 Å². The van der Waals surface area contributed by atoms with Crippen LogP contribution in [0.3, 0.4) is 0 Å². The number of urea groups is 1. The van der Waals surface area contributed by atoms with Gasteiger partial charge < -0.3 is 15.5 Å². The molecule has 0 bridgehead atoms. The number of amides is 3. The average Bonchev–Trinajstić information content (AvgIpc) is 2.67. The smallest absolute Gasteiger partial charge is 0.318 e. The van der Waals surface area contributed by atoms with E-state index in [9.17, 15) is 27.2 Å². The maximum absolute atomic E-state index is 14.7. The molecular formula is C19H22ClF4N3O2. The number of carbonyl (C=O) groups is 2. The zero-order valence-electron chi connectivity index (χ0n) is 15.8. The van der Waals surface area contributed by atoms with Gasteiger partial charge in [0, 0.05) is 31.5 Å². The molecular weight excluding hydrogens is 414 g/mol. The summed E-state index contributed by atoms with van der Waals surface area (Å²) in [6, 6.07) is -0.181. The molecule has 3 rings (SSSR count). The summed E-state index contributed by atoms with van der Waals surface area (Å²) in [6.45, 7) is 2.08. The van der Waals surface area contributed by atoms with Crippen LogP contribution in [0.2, 0.25) is 5.02 Å². The Balaban J connectivity index is 1.88. The molecule has 1 aliphatic carbocycles. The van der Waals surface area contributed by atoms with Gasteiger partial charge in [-0.1, -0.05) is 17.7 Å². The average molecular weight is 436 g/mol. The summed E-state index contributed by atoms with van der Waals surface area (Å²) in [5.41, 5.74) is -0.0610. The van der Waals surface area contributed by atoms with Crippen molar-refractivity contribution < 1.29 is 27.2 Å². The Morgan fingerprint density at radius 1 is 1.31 bits per heavy atom. The first kappa shape index (κ1) is 21.7. The number of hydrogen-bond acceptors (Lipinski definition) is 2. The Kier molecular flexibility index (Phi) is 6.26. The fourth-order valence-electron chi connectivity index (χ4n) is 3.90. The molecule has 5 nitrogen and oxygen atoms in total. The molecule has 160 valence electrons. The minimum Gasteiger partial charge on any atom is -0.353 e. The summed E-state index contributed by atoms with van der Waals surface area (Å²) in [5.74, 6) is -5.59. The lowest BCUT2D eigenvalue weighted by molar-refractivity contribution is -0.127. The van der Waals surface area contributed by atoms with Gasteiger partial charge in [0.25, 0.3) is 0 Å². The molecule has 2 aliphatic rings. The first-order chi connectivity index (χ1) is 13.6. The lowest BCUT2D eigenvalue weighted by Crippen LogP contribution is -2.58. The van der Waals surface area contributed by atoms with E-state index in [0.717, 1.165) is 6.07 Å². The first-order valence-corrected chi connectivity index (χ1v) is 9.84. The van der Waals surface area contributed by atoms with Crippen LogP contribution in [-0.4, -0.2) is 41.9 Å². The molecule has 1 aromatic rings. The summed E-state index contributed by atoms with van der Waals surface area (Å²) in [6.07, 6.45) is -0.656. The van der Waals surface area contributed by atoms with Crippen LogP contribution in [0.15, 0.2) is 12.1 Å². The third-order valence-electron chi connectivity index (χ3n) is 5.67. The SMILES string of the molecule is C[C@@H]1C(=O)NCCN1C(=O)N[C@H](c1ccc(F)c(Cl)c1F)C1CCC(F)(F)CC1. The number of nitrogens with zero attached hydrogens (tertiary/aromatic N) is 1. The van der Waals surface area contributed by atoms with Gasteiger partial charge in [-0.15, -0.1) is 0 Å². The molecule has 2 fully saturated rings. The van der Waals surface area contributed by atoms with Crippen LogP contribution in [0, 0.1) is 17.6 Å². The van der Waals surface area contributed by atoms with Gasteiger partial charge in [-0.3, -0.25) is 4.79 Å². The summed E-state index contributed by atoms with van der Waals surface area (Å²) in [5, 5.41) is 4.60. The van der Waals surface area contributed by atoms with Crippen molar-refractivity contribution in [3.8, 4) is 0 Å². The molecule has 0 spiro atoms. The molecule has 0 aromatic heterocycles. The second-order valence-electron chi connectivity index (χ2n) is 7.55. The third kappa shape index (κ3) is 4.60. The molecule has 1 heterocycles. The van der Waals surface area contributed by atoms with Gasteiger partial charge in [-0.05, 0) is 31.7 Å². The maximum Gasteiger partial charge on any atom is 0.318 e. The van der Waals surface area contributed by atoms with Gasteiger partial charge in [0.1, 0.15) is 22.7 Å². The summed E-state index contributed by atoms with van der Waals surface area (Å²) in [4.78, 5) is 26.0. The molecule has 2 N–H and O–H groups in total. The summed E-state index contributed by atoms with van der Waals surface area (Å²) < 4.78 is 55.5. The Labute approximate surface area is 170 Å². The van der Waals surface area contributed by atoms with E-state index in [2.05, 4.69) is 10.6 Å². The molecule has 1 aromatic carbocycles. The van der Waals surface area contributed by atoms with Crippen molar-refractivity contribution >= 4 is 23.5 Å². The normalized spacial score (nSPS) is 23.4. The Hall–Kier alpha value is -2.03. The number of hydrogen-bond donors (Lipinski definition) is 2. The maximum atomic E-state index is 14.7. The van der Waals surface area contributed by atoms with Crippen molar-refractivity contribution in [2.45, 2.75) is 50.6 Å². The summed E-state index contributed by atoms with van der Waals surface area (Å²) in [7, 11) is 0. The van der Waals surface area contributed by atoms with E-state index in [1.165, 1.54) is 11.0 Å². The molecule has 29 heavy (non-hydrogen) atoms. The lowest BCUT2D eigenvalue weighted by Gasteiger charge is -2.38. The molecule has 1 saturated heterocycles. The third-order valence-corrected chi connectivity index (χ3v) is 6.02. The van der Waals surface area contributed by atoms with E-state index in [1.54, 1.807) is 6.92 Å². The minimum absolute atomic E-state index is 0.0580. The van der Waals surface area contributed by atoms with E-state index in [0.29, 0.717) is 0 Å². The zero-order valence-corrected chi connectivity index (χ0v) is 16.5. The van der Waals surface area contributed by atoms with E-state index in [1.807, 2.05) is 0 Å². The highest BCUT2D eigenvalue weighted by molar-refractivity contribution is 6.31. The van der Waals surface area contributed by atoms with Crippen LogP contribution in [0.25, 0.3) is 0 Å². The molecule has 3 amide bonds. The van der Waals surface area contributed by atoms with E-state index in [-0.39, 0.29) is 50.2 Å². The molecule has 0 radical (unpaired) electrons. The highest BCUT2D eigenvalue weighted by Gasteiger charge is 2.40. The second-order valence-corrected chi connectivity index (χ2v) is 7.92. The lowest BCUT2D eigenvalue weighted by atomic mass is 9.79. The fourth-order valence-corrected chi connectivity index (χ4v) is 4.07. The number of carbonyl (C=O) groups excluding carboxylic acids is 2. The monoisotopic (exact) mass is 435 g/mol. The molecule has 10 heteroatoms. The molecule has 0 unspecified atom stereocenters. The molecule has 1 aliphatic heterocycles. The van der Waals surface area contributed by atoms with Crippen molar-refractivity contribution in [3.05, 3.63) is 34.4 Å². The quantitative estimate of drug-likeness (QED) is 0.556. The van der Waals surface area contributed by atoms with Crippen LogP contribution in [0.1, 0.15) is 44.2 Å². The van der Waals surface area contributed by atoms with Crippen molar-refractivity contribution in [1.29, 1.82) is 0 Å². The number of halogens is 5. The first-order valence-electron chi connectivity index (χ1n) is 9.47. The van der Waals surface area contributed by atoms with Crippen molar-refractivity contribution in [2.24, 2.45) is 5.92 Å². The van der Waals surface area contributed by atoms with Crippen LogP contribution >= 0.6 is 11.6 Å². The van der Waals surface area contributed by atoms with Gasteiger partial charge in [0.15, 0.2) is 0 Å². The predicted molar refractivity (Wildman–Crippen MR) is 98.7 cm³/mol. The molecule has 2 atom stereocenters. The standard InChI is InChI=1S/C19H22ClF4N3O2/c1-10-17(28)25-8-9-27(10)18(29)26-16(11-4-6-19(23,24)7-5-11)12-2-3-13(21)14(20)15(12)22/h2-3,10-11,16H,4-9H2,1H3,(H,25,28)(H,26,29)/t10-,16+/m1/s1. The van der Waals surface area contributed by atoms with Gasteiger partial charge in [0.2, 0.25) is 11.8 Å². The van der Waals surface area contributed by atoms with Gasteiger partial charge in [0.05, 0.1) is 6.04 Å². The topological polar surface area (TPSA) is 61.4 Å². The Morgan fingerprint density at radius 3 is 2.62 bits per heavy atom.